The van der Waals surface area contributed by atoms with Gasteiger partial charge in [0.2, 0.25) is 0 Å². The van der Waals surface area contributed by atoms with Crippen molar-refractivity contribution in [2.24, 2.45) is 4.99 Å². The second-order valence-corrected chi connectivity index (χ2v) is 7.31. The number of carbonyl (C=O) groups excluding carboxylic acids is 1. The van der Waals surface area contributed by atoms with E-state index < -0.39 is 0 Å². The summed E-state index contributed by atoms with van der Waals surface area (Å²) in [5.74, 6) is 0.352. The smallest absolute Gasteiger partial charge is 0.350 e. The summed E-state index contributed by atoms with van der Waals surface area (Å²) in [6, 6.07) is -0.0827. The van der Waals surface area contributed by atoms with Crippen molar-refractivity contribution >= 4 is 34.6 Å². The first-order chi connectivity index (χ1) is 12.0. The van der Waals surface area contributed by atoms with Crippen LogP contribution in [0.25, 0.3) is 0 Å². The molecule has 0 amide bonds. The highest BCUT2D eigenvalue weighted by atomic mass is 32.1. The molecular weight excluding hydrogens is 358 g/mol. The van der Waals surface area contributed by atoms with Crippen molar-refractivity contribution in [3.63, 3.8) is 0 Å². The van der Waals surface area contributed by atoms with Crippen LogP contribution in [0.4, 0.5) is 0 Å². The topological polar surface area (TPSA) is 88.5 Å². The highest BCUT2D eigenvalue weighted by molar-refractivity contribution is 7.13. The zero-order valence-corrected chi connectivity index (χ0v) is 16.7. The molecule has 0 bridgehead atoms. The summed E-state index contributed by atoms with van der Waals surface area (Å²) in [5.41, 5.74) is 3.55. The van der Waals surface area contributed by atoms with Gasteiger partial charge in [0.15, 0.2) is 5.96 Å². The fraction of sp³-hybridized carbons (Fsp3) is 0.500. The van der Waals surface area contributed by atoms with E-state index >= 15 is 0 Å². The first kappa shape index (κ1) is 19.3. The van der Waals surface area contributed by atoms with Crippen LogP contribution in [0.15, 0.2) is 10.5 Å². The molecule has 136 valence electrons. The van der Waals surface area contributed by atoms with E-state index in [0.717, 1.165) is 10.7 Å². The molecule has 0 saturated carbocycles. The van der Waals surface area contributed by atoms with E-state index in [1.165, 1.54) is 16.2 Å². The van der Waals surface area contributed by atoms with Crippen molar-refractivity contribution in [2.45, 2.75) is 40.3 Å². The van der Waals surface area contributed by atoms with Gasteiger partial charge in [0.05, 0.1) is 36.1 Å². The minimum absolute atomic E-state index is 0.0827. The number of aromatic nitrogens is 2. The Morgan fingerprint density at radius 1 is 1.40 bits per heavy atom. The Morgan fingerprint density at radius 2 is 2.16 bits per heavy atom. The van der Waals surface area contributed by atoms with Gasteiger partial charge in [0.1, 0.15) is 9.88 Å². The predicted molar refractivity (Wildman–Crippen MR) is 101 cm³/mol. The van der Waals surface area contributed by atoms with E-state index in [1.54, 1.807) is 25.3 Å². The first-order valence-corrected chi connectivity index (χ1v) is 9.66. The number of aliphatic imine (C=N–C) groups is 1. The van der Waals surface area contributed by atoms with Crippen LogP contribution in [-0.2, 0) is 11.3 Å². The molecule has 1 atom stereocenters. The van der Waals surface area contributed by atoms with Crippen molar-refractivity contribution in [1.29, 1.82) is 0 Å². The Hall–Kier alpha value is -2.00. The lowest BCUT2D eigenvalue weighted by Gasteiger charge is -2.16. The zero-order chi connectivity index (χ0) is 18.4. The predicted octanol–water partition coefficient (Wildman–Crippen LogP) is 2.82. The molecule has 2 heterocycles. The van der Waals surface area contributed by atoms with Crippen molar-refractivity contribution in [3.8, 4) is 0 Å². The Morgan fingerprint density at radius 3 is 2.76 bits per heavy atom. The van der Waals surface area contributed by atoms with E-state index in [1.807, 2.05) is 26.3 Å². The second kappa shape index (κ2) is 8.91. The SMILES string of the molecule is CCOC(=O)c1sc(C(C)NC(=NC)NCc2scnc2C)nc1C. The molecule has 1 unspecified atom stereocenters. The zero-order valence-electron chi connectivity index (χ0n) is 15.0. The van der Waals surface area contributed by atoms with Gasteiger partial charge < -0.3 is 15.4 Å². The van der Waals surface area contributed by atoms with Crippen LogP contribution in [0.5, 0.6) is 0 Å². The largest absolute Gasteiger partial charge is 0.462 e. The van der Waals surface area contributed by atoms with Gasteiger partial charge in [0.25, 0.3) is 0 Å². The van der Waals surface area contributed by atoms with Crippen LogP contribution < -0.4 is 10.6 Å². The Bertz CT molecular complexity index is 754. The number of aryl methyl sites for hydroxylation is 2. The first-order valence-electron chi connectivity index (χ1n) is 7.96. The lowest BCUT2D eigenvalue weighted by molar-refractivity contribution is 0.0531. The van der Waals surface area contributed by atoms with Crippen molar-refractivity contribution in [3.05, 3.63) is 31.7 Å². The van der Waals surface area contributed by atoms with E-state index in [0.29, 0.717) is 29.7 Å². The maximum atomic E-state index is 11.9. The van der Waals surface area contributed by atoms with Crippen LogP contribution in [-0.4, -0.2) is 35.6 Å². The van der Waals surface area contributed by atoms with Crippen LogP contribution in [0.3, 0.4) is 0 Å². The lowest BCUT2D eigenvalue weighted by Crippen LogP contribution is -2.38. The number of rotatable bonds is 6. The molecule has 0 aliphatic rings. The van der Waals surface area contributed by atoms with Gasteiger partial charge in [-0.25, -0.2) is 14.8 Å². The number of esters is 1. The molecule has 2 aromatic rings. The molecule has 2 N–H and O–H groups in total. The Balaban J connectivity index is 2.00. The highest BCUT2D eigenvalue weighted by Crippen LogP contribution is 2.24. The number of carbonyl (C=O) groups is 1. The molecule has 2 aromatic heterocycles. The lowest BCUT2D eigenvalue weighted by atomic mass is 10.3. The molecule has 0 radical (unpaired) electrons. The average molecular weight is 382 g/mol. The number of nitrogens with one attached hydrogen (secondary N) is 2. The average Bonchev–Trinajstić information content (AvgIpc) is 3.17. The molecule has 0 fully saturated rings. The van der Waals surface area contributed by atoms with Crippen LogP contribution in [0, 0.1) is 13.8 Å². The molecule has 0 aliphatic carbocycles. The van der Waals surface area contributed by atoms with Gasteiger partial charge in [-0.1, -0.05) is 0 Å². The van der Waals surface area contributed by atoms with Crippen molar-refractivity contribution in [2.75, 3.05) is 13.7 Å². The normalized spacial score (nSPS) is 12.8. The monoisotopic (exact) mass is 381 g/mol. The molecule has 0 saturated heterocycles. The number of nitrogens with zero attached hydrogens (tertiary/aromatic N) is 3. The quantitative estimate of drug-likeness (QED) is 0.454. The van der Waals surface area contributed by atoms with Crippen molar-refractivity contribution in [1.82, 2.24) is 20.6 Å². The fourth-order valence-electron chi connectivity index (χ4n) is 2.11. The third-order valence-corrected chi connectivity index (χ3v) is 5.74. The standard InChI is InChI=1S/C16H23N5O2S2/c1-6-23-15(22)13-10(3)20-14(25-13)11(4)21-16(17-5)18-7-12-9(2)19-8-24-12/h8,11H,6-7H2,1-5H3,(H2,17,18,21). The number of thiazole rings is 2. The Labute approximate surface area is 155 Å². The van der Waals surface area contributed by atoms with E-state index in [2.05, 4.69) is 25.6 Å². The number of hydrogen-bond donors (Lipinski definition) is 2. The minimum Gasteiger partial charge on any atom is -0.462 e. The minimum atomic E-state index is -0.320. The van der Waals surface area contributed by atoms with Gasteiger partial charge in [0, 0.05) is 11.9 Å². The van der Waals surface area contributed by atoms with Crippen LogP contribution in [0.1, 0.15) is 50.8 Å². The molecule has 9 heteroatoms. The van der Waals surface area contributed by atoms with Gasteiger partial charge in [-0.05, 0) is 27.7 Å². The molecule has 0 aromatic carbocycles. The van der Waals surface area contributed by atoms with Gasteiger partial charge in [-0.3, -0.25) is 4.99 Å². The third kappa shape index (κ3) is 4.99. The summed E-state index contributed by atoms with van der Waals surface area (Å²) in [6.45, 7) is 8.60. The van der Waals surface area contributed by atoms with Crippen LogP contribution in [0.2, 0.25) is 0 Å². The van der Waals surface area contributed by atoms with Crippen LogP contribution >= 0.6 is 22.7 Å². The van der Waals surface area contributed by atoms with Gasteiger partial charge >= 0.3 is 5.97 Å². The van der Waals surface area contributed by atoms with Crippen molar-refractivity contribution < 1.29 is 9.53 Å². The maximum absolute atomic E-state index is 11.9. The van der Waals surface area contributed by atoms with E-state index in [9.17, 15) is 4.79 Å². The molecule has 7 nitrogen and oxygen atoms in total. The highest BCUT2D eigenvalue weighted by Gasteiger charge is 2.20. The molecular formula is C16H23N5O2S2. The number of hydrogen-bond acceptors (Lipinski definition) is 7. The number of guanidine groups is 1. The summed E-state index contributed by atoms with van der Waals surface area (Å²) in [6.07, 6.45) is 0. The summed E-state index contributed by atoms with van der Waals surface area (Å²) in [5, 5.41) is 7.38. The maximum Gasteiger partial charge on any atom is 0.350 e. The number of ether oxygens (including phenoxy) is 1. The summed E-state index contributed by atoms with van der Waals surface area (Å²) in [4.78, 5) is 26.6. The third-order valence-electron chi connectivity index (χ3n) is 3.48. The van der Waals surface area contributed by atoms with Gasteiger partial charge in [-0.2, -0.15) is 0 Å². The van der Waals surface area contributed by atoms with E-state index in [4.69, 9.17) is 4.74 Å². The van der Waals surface area contributed by atoms with Gasteiger partial charge in [-0.15, -0.1) is 22.7 Å². The summed E-state index contributed by atoms with van der Waals surface area (Å²) >= 11 is 2.96. The fourth-order valence-corrected chi connectivity index (χ4v) is 3.79. The molecule has 2 rings (SSSR count). The Kier molecular flexibility index (Phi) is 6.89. The molecule has 25 heavy (non-hydrogen) atoms. The molecule has 0 aliphatic heterocycles. The van der Waals surface area contributed by atoms with E-state index in [-0.39, 0.29) is 12.0 Å². The summed E-state index contributed by atoms with van der Waals surface area (Å²) < 4.78 is 5.07. The second-order valence-electron chi connectivity index (χ2n) is 5.34. The summed E-state index contributed by atoms with van der Waals surface area (Å²) in [7, 11) is 1.72. The molecule has 0 spiro atoms.